The Bertz CT molecular complexity index is 554. The highest BCUT2D eigenvalue weighted by Gasteiger charge is 2.09. The predicted molar refractivity (Wildman–Crippen MR) is 65.5 cm³/mol. The molecule has 0 saturated heterocycles. The summed E-state index contributed by atoms with van der Waals surface area (Å²) in [5, 5.41) is 23.8. The van der Waals surface area contributed by atoms with Crippen LogP contribution in [0.1, 0.15) is 11.1 Å². The molecule has 0 saturated carbocycles. The number of rotatable bonds is 4. The van der Waals surface area contributed by atoms with Crippen LogP contribution in [0.25, 0.3) is 0 Å². The van der Waals surface area contributed by atoms with Crippen LogP contribution in [0.15, 0.2) is 36.5 Å². The summed E-state index contributed by atoms with van der Waals surface area (Å²) in [5.74, 6) is 0.587. The number of nitrogen functional groups attached to an aromatic ring is 1. The first-order chi connectivity index (χ1) is 8.70. The van der Waals surface area contributed by atoms with E-state index < -0.39 is 0 Å². The van der Waals surface area contributed by atoms with Crippen LogP contribution < -0.4 is 10.5 Å². The second-order valence-electron chi connectivity index (χ2n) is 3.57. The van der Waals surface area contributed by atoms with Gasteiger partial charge in [0.1, 0.15) is 11.6 Å². The van der Waals surface area contributed by atoms with Crippen molar-refractivity contribution >= 4 is 5.84 Å². The van der Waals surface area contributed by atoms with Gasteiger partial charge in [0.25, 0.3) is 0 Å². The van der Waals surface area contributed by atoms with E-state index in [0.29, 0.717) is 11.3 Å². The van der Waals surface area contributed by atoms with Gasteiger partial charge in [-0.3, -0.25) is 5.41 Å². The zero-order valence-electron chi connectivity index (χ0n) is 9.50. The van der Waals surface area contributed by atoms with Gasteiger partial charge in [-0.25, -0.2) is 0 Å². The summed E-state index contributed by atoms with van der Waals surface area (Å²) in [4.78, 5) is 0. The van der Waals surface area contributed by atoms with Gasteiger partial charge < -0.3 is 15.6 Å². The number of nitrogens with one attached hydrogen (secondary N) is 1. The van der Waals surface area contributed by atoms with Crippen LogP contribution in [0.4, 0.5) is 0 Å². The number of aliphatic hydroxyl groups excluding tert-OH is 1. The van der Waals surface area contributed by atoms with Gasteiger partial charge in [0.15, 0.2) is 0 Å². The zero-order chi connectivity index (χ0) is 13.0. The van der Waals surface area contributed by atoms with E-state index in [2.05, 4.69) is 10.2 Å². The van der Waals surface area contributed by atoms with Crippen LogP contribution in [0.5, 0.6) is 11.6 Å². The lowest BCUT2D eigenvalue weighted by Gasteiger charge is -2.08. The van der Waals surface area contributed by atoms with Crippen LogP contribution >= 0.6 is 0 Å². The van der Waals surface area contributed by atoms with E-state index in [-0.39, 0.29) is 18.3 Å². The van der Waals surface area contributed by atoms with E-state index in [9.17, 15) is 0 Å². The van der Waals surface area contributed by atoms with Crippen LogP contribution in [0, 0.1) is 5.41 Å². The lowest BCUT2D eigenvalue weighted by Crippen LogP contribution is -2.13. The highest BCUT2D eigenvalue weighted by atomic mass is 16.5. The summed E-state index contributed by atoms with van der Waals surface area (Å²) in [7, 11) is 0. The summed E-state index contributed by atoms with van der Waals surface area (Å²) in [6.07, 6.45) is 1.44. The van der Waals surface area contributed by atoms with E-state index in [1.807, 2.05) is 0 Å². The molecule has 0 amide bonds. The SMILES string of the molecule is N=C(N)c1ccnnc1Oc1ccc(CO)cc1. The highest BCUT2D eigenvalue weighted by Crippen LogP contribution is 2.22. The molecule has 4 N–H and O–H groups in total. The summed E-state index contributed by atoms with van der Waals surface area (Å²) in [6, 6.07) is 8.43. The van der Waals surface area contributed by atoms with Crippen molar-refractivity contribution < 1.29 is 9.84 Å². The first kappa shape index (κ1) is 12.0. The van der Waals surface area contributed by atoms with Crippen molar-refractivity contribution in [1.82, 2.24) is 10.2 Å². The lowest BCUT2D eigenvalue weighted by atomic mass is 10.2. The quantitative estimate of drug-likeness (QED) is 0.550. The molecular weight excluding hydrogens is 232 g/mol. The van der Waals surface area contributed by atoms with Crippen molar-refractivity contribution in [3.63, 3.8) is 0 Å². The minimum atomic E-state index is -0.133. The second kappa shape index (κ2) is 5.24. The molecule has 0 atom stereocenters. The molecule has 2 rings (SSSR count). The molecule has 1 aromatic carbocycles. The topological polar surface area (TPSA) is 105 Å². The van der Waals surface area contributed by atoms with Gasteiger partial charge >= 0.3 is 0 Å². The molecule has 1 heterocycles. The van der Waals surface area contributed by atoms with Crippen molar-refractivity contribution in [2.45, 2.75) is 6.61 Å². The molecule has 0 bridgehead atoms. The fraction of sp³-hybridized carbons (Fsp3) is 0.0833. The molecular formula is C12H12N4O2. The number of amidine groups is 1. The van der Waals surface area contributed by atoms with Gasteiger partial charge in [-0.05, 0) is 23.8 Å². The summed E-state index contributed by atoms with van der Waals surface area (Å²) >= 11 is 0. The van der Waals surface area contributed by atoms with Gasteiger partial charge in [-0.1, -0.05) is 12.1 Å². The molecule has 0 aliphatic rings. The number of aromatic nitrogens is 2. The molecule has 18 heavy (non-hydrogen) atoms. The number of ether oxygens (including phenoxy) is 1. The predicted octanol–water partition coefficient (Wildman–Crippen LogP) is 1.05. The minimum Gasteiger partial charge on any atom is -0.437 e. The molecule has 0 radical (unpaired) electrons. The Kier molecular flexibility index (Phi) is 3.49. The van der Waals surface area contributed by atoms with Crippen LogP contribution in [-0.4, -0.2) is 21.1 Å². The van der Waals surface area contributed by atoms with Crippen molar-refractivity contribution in [3.8, 4) is 11.6 Å². The highest BCUT2D eigenvalue weighted by molar-refractivity contribution is 5.96. The number of hydrogen-bond donors (Lipinski definition) is 3. The molecule has 1 aromatic heterocycles. The number of nitrogens with two attached hydrogens (primary N) is 1. The van der Waals surface area contributed by atoms with Crippen LogP contribution in [0.2, 0.25) is 0 Å². The maximum absolute atomic E-state index is 8.93. The normalized spacial score (nSPS) is 10.1. The van der Waals surface area contributed by atoms with Crippen molar-refractivity contribution in [1.29, 1.82) is 5.41 Å². The van der Waals surface area contributed by atoms with Crippen molar-refractivity contribution in [3.05, 3.63) is 47.7 Å². The molecule has 92 valence electrons. The van der Waals surface area contributed by atoms with Gasteiger partial charge in [0.2, 0.25) is 5.88 Å². The Morgan fingerprint density at radius 2 is 2.00 bits per heavy atom. The maximum Gasteiger partial charge on any atom is 0.249 e. The van der Waals surface area contributed by atoms with Gasteiger partial charge in [-0.15, -0.1) is 5.10 Å². The largest absolute Gasteiger partial charge is 0.437 e. The van der Waals surface area contributed by atoms with Crippen molar-refractivity contribution in [2.75, 3.05) is 0 Å². The van der Waals surface area contributed by atoms with E-state index in [0.717, 1.165) is 5.56 Å². The molecule has 2 aromatic rings. The van der Waals surface area contributed by atoms with E-state index >= 15 is 0 Å². The standard InChI is InChI=1S/C12H12N4O2/c13-11(14)10-5-6-15-16-12(10)18-9-3-1-8(7-17)2-4-9/h1-6,17H,7H2,(H3,13,14). The van der Waals surface area contributed by atoms with Crippen LogP contribution in [0.3, 0.4) is 0 Å². The first-order valence-corrected chi connectivity index (χ1v) is 5.24. The third kappa shape index (κ3) is 2.61. The smallest absolute Gasteiger partial charge is 0.249 e. The Morgan fingerprint density at radius 1 is 1.28 bits per heavy atom. The van der Waals surface area contributed by atoms with Gasteiger partial charge in [0, 0.05) is 0 Å². The van der Waals surface area contributed by atoms with Gasteiger partial charge in [0.05, 0.1) is 18.4 Å². The number of benzene rings is 1. The summed E-state index contributed by atoms with van der Waals surface area (Å²) in [6.45, 7) is -0.0237. The minimum absolute atomic E-state index is 0.0237. The number of nitrogens with zero attached hydrogens (tertiary/aromatic N) is 2. The molecule has 0 aliphatic heterocycles. The first-order valence-electron chi connectivity index (χ1n) is 5.24. The van der Waals surface area contributed by atoms with E-state index in [1.54, 1.807) is 30.3 Å². The molecule has 6 heteroatoms. The average Bonchev–Trinajstić information content (AvgIpc) is 2.40. The Balaban J connectivity index is 2.25. The van der Waals surface area contributed by atoms with Gasteiger partial charge in [-0.2, -0.15) is 5.10 Å². The summed E-state index contributed by atoms with van der Waals surface area (Å²) < 4.78 is 5.49. The average molecular weight is 244 g/mol. The van der Waals surface area contributed by atoms with Crippen LogP contribution in [-0.2, 0) is 6.61 Å². The maximum atomic E-state index is 8.93. The molecule has 0 spiro atoms. The third-order valence-electron chi connectivity index (χ3n) is 2.30. The fourth-order valence-corrected chi connectivity index (χ4v) is 1.37. The number of aliphatic hydroxyl groups is 1. The monoisotopic (exact) mass is 244 g/mol. The molecule has 6 nitrogen and oxygen atoms in total. The Hall–Kier alpha value is -2.47. The Morgan fingerprint density at radius 3 is 2.61 bits per heavy atom. The van der Waals surface area contributed by atoms with E-state index in [4.69, 9.17) is 21.0 Å². The molecule has 0 unspecified atom stereocenters. The fourth-order valence-electron chi connectivity index (χ4n) is 1.37. The molecule has 0 fully saturated rings. The van der Waals surface area contributed by atoms with E-state index in [1.165, 1.54) is 6.20 Å². The second-order valence-corrected chi connectivity index (χ2v) is 3.57. The zero-order valence-corrected chi connectivity index (χ0v) is 9.50. The third-order valence-corrected chi connectivity index (χ3v) is 2.30. The Labute approximate surface area is 104 Å². The number of hydrogen-bond acceptors (Lipinski definition) is 5. The molecule has 0 aliphatic carbocycles. The lowest BCUT2D eigenvalue weighted by molar-refractivity contribution is 0.281. The van der Waals surface area contributed by atoms with Crippen molar-refractivity contribution in [2.24, 2.45) is 5.73 Å². The summed E-state index contributed by atoms with van der Waals surface area (Å²) in [5.41, 5.74) is 6.59.